The van der Waals surface area contributed by atoms with E-state index < -0.39 is 0 Å². The molecule has 21 heavy (non-hydrogen) atoms. The van der Waals surface area contributed by atoms with E-state index >= 15 is 0 Å². The van der Waals surface area contributed by atoms with Crippen molar-refractivity contribution < 1.29 is 4.74 Å². The maximum Gasteiger partial charge on any atom is 0.223 e. The number of rotatable bonds is 3. The third-order valence-corrected chi connectivity index (χ3v) is 2.64. The van der Waals surface area contributed by atoms with E-state index in [1.165, 1.54) is 0 Å². The van der Waals surface area contributed by atoms with E-state index in [1.807, 2.05) is 6.07 Å². The highest BCUT2D eigenvalue weighted by Crippen LogP contribution is 2.31. The van der Waals surface area contributed by atoms with Crippen LogP contribution in [-0.2, 0) is 0 Å². The first-order valence-electron chi connectivity index (χ1n) is 6.01. The van der Waals surface area contributed by atoms with Crippen LogP contribution in [0.15, 0.2) is 58.5 Å². The molecular weight excluding hydrogens is 290 g/mol. The molecule has 0 saturated heterocycles. The van der Waals surface area contributed by atoms with Gasteiger partial charge in [-0.05, 0) is 36.4 Å². The van der Waals surface area contributed by atoms with Crippen molar-refractivity contribution in [2.75, 3.05) is 0 Å². The number of benzene rings is 2. The Hall–Kier alpha value is -2.73. The lowest BCUT2D eigenvalue weighted by Crippen LogP contribution is -2.26. The van der Waals surface area contributed by atoms with Crippen molar-refractivity contribution in [1.29, 1.82) is 0 Å². The Kier molecular flexibility index (Phi) is 4.63. The lowest BCUT2D eigenvalue weighted by Gasteiger charge is -2.08. The molecule has 0 spiro atoms. The highest BCUT2D eigenvalue weighted by atomic mass is 35.5. The SMILES string of the molecule is NC(N)=NC(N)=Nc1ccccc1Oc1ccc(Cl)cc1. The van der Waals surface area contributed by atoms with Crippen molar-refractivity contribution in [2.24, 2.45) is 27.2 Å². The van der Waals surface area contributed by atoms with Crippen LogP contribution >= 0.6 is 11.6 Å². The van der Waals surface area contributed by atoms with Crippen molar-refractivity contribution in [3.8, 4) is 11.5 Å². The van der Waals surface area contributed by atoms with Gasteiger partial charge in [0.15, 0.2) is 11.7 Å². The van der Waals surface area contributed by atoms with Crippen LogP contribution in [-0.4, -0.2) is 11.9 Å². The van der Waals surface area contributed by atoms with Gasteiger partial charge in [-0.25, -0.2) is 4.99 Å². The van der Waals surface area contributed by atoms with Crippen LogP contribution in [0.3, 0.4) is 0 Å². The van der Waals surface area contributed by atoms with Crippen LogP contribution in [0.25, 0.3) is 0 Å². The lowest BCUT2D eigenvalue weighted by molar-refractivity contribution is 0.484. The first-order valence-corrected chi connectivity index (χ1v) is 6.38. The zero-order valence-electron chi connectivity index (χ0n) is 11.0. The third kappa shape index (κ3) is 4.39. The van der Waals surface area contributed by atoms with E-state index in [1.54, 1.807) is 42.5 Å². The van der Waals surface area contributed by atoms with Crippen molar-refractivity contribution in [2.45, 2.75) is 0 Å². The second-order valence-electron chi connectivity index (χ2n) is 4.03. The normalized spacial score (nSPS) is 11.0. The molecule has 6 nitrogen and oxygen atoms in total. The summed E-state index contributed by atoms with van der Waals surface area (Å²) in [6.45, 7) is 0. The number of halogens is 1. The van der Waals surface area contributed by atoms with Crippen LogP contribution in [0.2, 0.25) is 5.02 Å². The van der Waals surface area contributed by atoms with Gasteiger partial charge in [0.25, 0.3) is 0 Å². The van der Waals surface area contributed by atoms with Gasteiger partial charge >= 0.3 is 0 Å². The molecule has 0 saturated carbocycles. The van der Waals surface area contributed by atoms with E-state index in [9.17, 15) is 0 Å². The molecule has 0 bridgehead atoms. The topological polar surface area (TPSA) is 112 Å². The van der Waals surface area contributed by atoms with Gasteiger partial charge in [-0.1, -0.05) is 23.7 Å². The number of aliphatic imine (C=N–C) groups is 2. The molecule has 2 aromatic carbocycles. The predicted octanol–water partition coefficient (Wildman–Crippen LogP) is 2.35. The van der Waals surface area contributed by atoms with Crippen molar-refractivity contribution in [1.82, 2.24) is 0 Å². The van der Waals surface area contributed by atoms with Crippen LogP contribution in [0, 0.1) is 0 Å². The first kappa shape index (κ1) is 14.7. The second-order valence-corrected chi connectivity index (χ2v) is 4.47. The van der Waals surface area contributed by atoms with Gasteiger partial charge in [0.05, 0.1) is 0 Å². The monoisotopic (exact) mass is 303 g/mol. The Balaban J connectivity index is 2.29. The van der Waals surface area contributed by atoms with E-state index in [0.717, 1.165) is 0 Å². The Morgan fingerprint density at radius 1 is 0.952 bits per heavy atom. The maximum atomic E-state index is 5.83. The summed E-state index contributed by atoms with van der Waals surface area (Å²) < 4.78 is 5.74. The number of ether oxygens (including phenoxy) is 1. The van der Waals surface area contributed by atoms with Crippen LogP contribution in [0.1, 0.15) is 0 Å². The van der Waals surface area contributed by atoms with E-state index in [-0.39, 0.29) is 11.9 Å². The minimum Gasteiger partial charge on any atom is -0.455 e. The summed E-state index contributed by atoms with van der Waals surface area (Å²) in [6.07, 6.45) is 0. The molecule has 0 aliphatic rings. The molecule has 0 aromatic heterocycles. The largest absolute Gasteiger partial charge is 0.455 e. The quantitative estimate of drug-likeness (QED) is 0.596. The number of guanidine groups is 2. The maximum absolute atomic E-state index is 5.83. The fraction of sp³-hybridized carbons (Fsp3) is 0. The zero-order valence-corrected chi connectivity index (χ0v) is 11.8. The average Bonchev–Trinajstić information content (AvgIpc) is 2.42. The molecule has 0 aliphatic heterocycles. The Labute approximate surface area is 126 Å². The van der Waals surface area contributed by atoms with Crippen LogP contribution in [0.4, 0.5) is 5.69 Å². The molecular formula is C14H14ClN5O. The fourth-order valence-electron chi connectivity index (χ4n) is 1.55. The first-order chi connectivity index (χ1) is 10.0. The zero-order chi connectivity index (χ0) is 15.2. The molecule has 2 aromatic rings. The van der Waals surface area contributed by atoms with E-state index in [0.29, 0.717) is 22.2 Å². The lowest BCUT2D eigenvalue weighted by atomic mass is 10.3. The Morgan fingerprint density at radius 3 is 2.29 bits per heavy atom. The Bertz CT molecular complexity index is 678. The molecule has 7 heteroatoms. The van der Waals surface area contributed by atoms with Crippen molar-refractivity contribution in [3.05, 3.63) is 53.6 Å². The van der Waals surface area contributed by atoms with E-state index in [4.69, 9.17) is 33.5 Å². The smallest absolute Gasteiger partial charge is 0.223 e. The van der Waals surface area contributed by atoms with Gasteiger partial charge in [-0.2, -0.15) is 4.99 Å². The van der Waals surface area contributed by atoms with Gasteiger partial charge in [0.1, 0.15) is 11.4 Å². The second kappa shape index (κ2) is 6.62. The third-order valence-electron chi connectivity index (χ3n) is 2.39. The number of para-hydroxylation sites is 2. The summed E-state index contributed by atoms with van der Waals surface area (Å²) in [5.74, 6) is 0.936. The van der Waals surface area contributed by atoms with E-state index in [2.05, 4.69) is 9.98 Å². The summed E-state index contributed by atoms with van der Waals surface area (Å²) in [6, 6.07) is 14.1. The van der Waals surface area contributed by atoms with Gasteiger partial charge in [-0.15, -0.1) is 0 Å². The summed E-state index contributed by atoms with van der Waals surface area (Å²) in [5, 5.41) is 0.630. The standard InChI is InChI=1S/C14H14ClN5O/c15-9-5-7-10(8-6-9)21-12-4-2-1-3-11(12)19-14(18)20-13(16)17/h1-8H,(H6,16,17,18,19,20). The summed E-state index contributed by atoms with van der Waals surface area (Å²) >= 11 is 5.83. The molecule has 0 aliphatic carbocycles. The molecule has 0 unspecified atom stereocenters. The van der Waals surface area contributed by atoms with Crippen LogP contribution < -0.4 is 21.9 Å². The molecule has 108 valence electrons. The fourth-order valence-corrected chi connectivity index (χ4v) is 1.67. The molecule has 2 rings (SSSR count). The highest BCUT2D eigenvalue weighted by molar-refractivity contribution is 6.30. The summed E-state index contributed by atoms with van der Waals surface area (Å²) in [4.78, 5) is 7.77. The van der Waals surface area contributed by atoms with Crippen molar-refractivity contribution >= 4 is 29.2 Å². The Morgan fingerprint density at radius 2 is 1.62 bits per heavy atom. The van der Waals surface area contributed by atoms with Gasteiger partial charge in [-0.3, -0.25) is 0 Å². The highest BCUT2D eigenvalue weighted by Gasteiger charge is 2.04. The molecule has 0 fully saturated rings. The summed E-state index contributed by atoms with van der Waals surface area (Å²) in [7, 11) is 0. The molecule has 6 N–H and O–H groups in total. The average molecular weight is 304 g/mol. The number of hydrogen-bond acceptors (Lipinski definition) is 2. The number of nitrogens with zero attached hydrogens (tertiary/aromatic N) is 2. The van der Waals surface area contributed by atoms with Gasteiger partial charge in [0, 0.05) is 5.02 Å². The molecule has 0 radical (unpaired) electrons. The minimum atomic E-state index is -0.160. The van der Waals surface area contributed by atoms with Gasteiger partial charge < -0.3 is 21.9 Å². The van der Waals surface area contributed by atoms with Gasteiger partial charge in [0.2, 0.25) is 5.96 Å². The summed E-state index contributed by atoms with van der Waals surface area (Å²) in [5.41, 5.74) is 16.6. The van der Waals surface area contributed by atoms with Crippen molar-refractivity contribution in [3.63, 3.8) is 0 Å². The van der Waals surface area contributed by atoms with Crippen LogP contribution in [0.5, 0.6) is 11.5 Å². The predicted molar refractivity (Wildman–Crippen MR) is 85.1 cm³/mol. The number of nitrogens with two attached hydrogens (primary N) is 3. The molecule has 0 heterocycles. The molecule has 0 amide bonds. The minimum absolute atomic E-state index is 0.0536. The number of hydrogen-bond donors (Lipinski definition) is 3. The molecule has 0 atom stereocenters.